The molecule has 7 nitrogen and oxygen atoms in total. The van der Waals surface area contributed by atoms with Gasteiger partial charge in [-0.05, 0) is 31.7 Å². The van der Waals surface area contributed by atoms with E-state index in [4.69, 9.17) is 10.7 Å². The summed E-state index contributed by atoms with van der Waals surface area (Å²) in [5, 5.41) is 0. The van der Waals surface area contributed by atoms with Gasteiger partial charge in [0.15, 0.2) is 0 Å². The van der Waals surface area contributed by atoms with E-state index in [1.165, 1.54) is 12.8 Å². The Morgan fingerprint density at radius 2 is 1.96 bits per heavy atom. The lowest BCUT2D eigenvalue weighted by Crippen LogP contribution is -2.46. The lowest BCUT2D eigenvalue weighted by atomic mass is 10.0. The number of likely N-dealkylation sites (tertiary alicyclic amines) is 1. The molecule has 7 heteroatoms. The molecule has 1 aliphatic carbocycles. The van der Waals surface area contributed by atoms with Gasteiger partial charge in [-0.25, -0.2) is 9.97 Å². The fourth-order valence-electron chi connectivity index (χ4n) is 3.76. The Balaban J connectivity index is 1.37. The number of hydrogen-bond acceptors (Lipinski definition) is 5. The Morgan fingerprint density at radius 1 is 1.21 bits per heavy atom. The van der Waals surface area contributed by atoms with Crippen molar-refractivity contribution in [2.24, 2.45) is 11.7 Å². The van der Waals surface area contributed by atoms with Crippen LogP contribution in [-0.4, -0.2) is 52.4 Å². The molecule has 1 unspecified atom stereocenters. The first-order chi connectivity index (χ1) is 11.6. The van der Waals surface area contributed by atoms with E-state index in [2.05, 4.69) is 9.88 Å². The van der Waals surface area contributed by atoms with Crippen molar-refractivity contribution in [1.29, 1.82) is 0 Å². The van der Waals surface area contributed by atoms with Crippen molar-refractivity contribution >= 4 is 17.6 Å². The smallest absolute Gasteiger partial charge is 0.223 e. The number of aromatic nitrogens is 2. The summed E-state index contributed by atoms with van der Waals surface area (Å²) >= 11 is 0. The van der Waals surface area contributed by atoms with Gasteiger partial charge in [0, 0.05) is 44.2 Å². The first-order valence-corrected chi connectivity index (χ1v) is 8.78. The van der Waals surface area contributed by atoms with Crippen LogP contribution in [0.15, 0.2) is 12.3 Å². The van der Waals surface area contributed by atoms with E-state index in [0.29, 0.717) is 12.5 Å². The molecule has 1 aromatic heterocycles. The van der Waals surface area contributed by atoms with Gasteiger partial charge in [0.1, 0.15) is 11.6 Å². The van der Waals surface area contributed by atoms with Gasteiger partial charge in [0.25, 0.3) is 0 Å². The van der Waals surface area contributed by atoms with Crippen molar-refractivity contribution in [3.63, 3.8) is 0 Å². The molecule has 2 aliphatic heterocycles. The summed E-state index contributed by atoms with van der Waals surface area (Å²) in [5.74, 6) is 1.89. The molecule has 0 bridgehead atoms. The summed E-state index contributed by atoms with van der Waals surface area (Å²) in [5.41, 5.74) is 5.35. The number of amides is 2. The van der Waals surface area contributed by atoms with Gasteiger partial charge < -0.3 is 15.5 Å². The molecule has 2 saturated heterocycles. The third kappa shape index (κ3) is 2.95. The molecule has 3 fully saturated rings. The van der Waals surface area contributed by atoms with Crippen LogP contribution in [0, 0.1) is 5.92 Å². The summed E-state index contributed by atoms with van der Waals surface area (Å²) in [7, 11) is 0. The standard InChI is InChI=1S/C17H23N5O2/c18-16(24)12-9-15(23)22(10-12)13-4-7-21(8-5-13)14-3-6-19-17(20-14)11-1-2-11/h3,6,11-13H,1-2,4-5,7-10H2,(H2,18,24). The number of nitrogens with two attached hydrogens (primary N) is 1. The van der Waals surface area contributed by atoms with Gasteiger partial charge in [0.2, 0.25) is 11.8 Å². The highest BCUT2D eigenvalue weighted by molar-refractivity contribution is 5.88. The van der Waals surface area contributed by atoms with Crippen LogP contribution in [0.4, 0.5) is 5.82 Å². The zero-order valence-electron chi connectivity index (χ0n) is 13.7. The lowest BCUT2D eigenvalue weighted by molar-refractivity contribution is -0.130. The van der Waals surface area contributed by atoms with E-state index in [1.54, 1.807) is 0 Å². The minimum Gasteiger partial charge on any atom is -0.369 e. The van der Waals surface area contributed by atoms with Crippen LogP contribution in [0.5, 0.6) is 0 Å². The van der Waals surface area contributed by atoms with Crippen molar-refractivity contribution in [2.45, 2.75) is 44.1 Å². The minimum atomic E-state index is -0.364. The Hall–Kier alpha value is -2.18. The largest absolute Gasteiger partial charge is 0.369 e. The molecule has 2 amide bonds. The molecular weight excluding hydrogens is 306 g/mol. The van der Waals surface area contributed by atoms with E-state index in [-0.39, 0.29) is 30.2 Å². The summed E-state index contributed by atoms with van der Waals surface area (Å²) in [6.45, 7) is 2.23. The maximum atomic E-state index is 12.2. The van der Waals surface area contributed by atoms with E-state index in [1.807, 2.05) is 17.2 Å². The SMILES string of the molecule is NC(=O)C1CC(=O)N(C2CCN(c3ccnc(C4CC4)n3)CC2)C1. The van der Waals surface area contributed by atoms with Crippen molar-refractivity contribution in [2.75, 3.05) is 24.5 Å². The number of anilines is 1. The zero-order valence-corrected chi connectivity index (χ0v) is 13.7. The zero-order chi connectivity index (χ0) is 16.7. The minimum absolute atomic E-state index is 0.0651. The molecule has 24 heavy (non-hydrogen) atoms. The highest BCUT2D eigenvalue weighted by Gasteiger charge is 2.38. The van der Waals surface area contributed by atoms with E-state index in [9.17, 15) is 9.59 Å². The van der Waals surface area contributed by atoms with Crippen LogP contribution in [0.1, 0.15) is 43.8 Å². The van der Waals surface area contributed by atoms with E-state index < -0.39 is 0 Å². The molecule has 3 heterocycles. The molecule has 0 radical (unpaired) electrons. The summed E-state index contributed by atoms with van der Waals surface area (Å²) < 4.78 is 0. The highest BCUT2D eigenvalue weighted by atomic mass is 16.2. The number of primary amides is 1. The van der Waals surface area contributed by atoms with Crippen molar-refractivity contribution in [3.05, 3.63) is 18.1 Å². The Labute approximate surface area is 141 Å². The molecule has 0 aromatic carbocycles. The summed E-state index contributed by atoms with van der Waals surface area (Å²) in [4.78, 5) is 36.7. The normalized spacial score (nSPS) is 25.3. The molecule has 1 aromatic rings. The van der Waals surface area contributed by atoms with Crippen LogP contribution >= 0.6 is 0 Å². The highest BCUT2D eigenvalue weighted by Crippen LogP contribution is 2.38. The monoisotopic (exact) mass is 329 g/mol. The first kappa shape index (κ1) is 15.4. The predicted octanol–water partition coefficient (Wildman–Crippen LogP) is 0.657. The molecular formula is C17H23N5O2. The second-order valence-corrected chi connectivity index (χ2v) is 7.12. The predicted molar refractivity (Wildman–Crippen MR) is 88.3 cm³/mol. The van der Waals surface area contributed by atoms with Gasteiger partial charge in [-0.15, -0.1) is 0 Å². The van der Waals surface area contributed by atoms with E-state index in [0.717, 1.165) is 37.6 Å². The third-order valence-electron chi connectivity index (χ3n) is 5.39. The molecule has 1 saturated carbocycles. The third-order valence-corrected chi connectivity index (χ3v) is 5.39. The van der Waals surface area contributed by atoms with Crippen molar-refractivity contribution < 1.29 is 9.59 Å². The molecule has 4 rings (SSSR count). The molecule has 0 spiro atoms. The van der Waals surface area contributed by atoms with Crippen LogP contribution in [0.25, 0.3) is 0 Å². The lowest BCUT2D eigenvalue weighted by Gasteiger charge is -2.37. The second kappa shape index (κ2) is 6.03. The maximum Gasteiger partial charge on any atom is 0.223 e. The molecule has 2 N–H and O–H groups in total. The summed E-state index contributed by atoms with van der Waals surface area (Å²) in [6.07, 6.45) is 6.32. The van der Waals surface area contributed by atoms with Gasteiger partial charge in [-0.1, -0.05) is 0 Å². The van der Waals surface area contributed by atoms with Crippen molar-refractivity contribution in [1.82, 2.24) is 14.9 Å². The average molecular weight is 329 g/mol. The number of carbonyl (C=O) groups excluding carboxylic acids is 2. The molecule has 128 valence electrons. The number of carbonyl (C=O) groups is 2. The van der Waals surface area contributed by atoms with Gasteiger partial charge >= 0.3 is 0 Å². The van der Waals surface area contributed by atoms with Crippen LogP contribution in [-0.2, 0) is 9.59 Å². The van der Waals surface area contributed by atoms with Crippen molar-refractivity contribution in [3.8, 4) is 0 Å². The topological polar surface area (TPSA) is 92.4 Å². The van der Waals surface area contributed by atoms with Gasteiger partial charge in [-0.2, -0.15) is 0 Å². The van der Waals surface area contributed by atoms with Crippen LogP contribution in [0.2, 0.25) is 0 Å². The van der Waals surface area contributed by atoms with Gasteiger partial charge in [-0.3, -0.25) is 9.59 Å². The molecule has 1 atom stereocenters. The Morgan fingerprint density at radius 3 is 2.58 bits per heavy atom. The molecule has 3 aliphatic rings. The Kier molecular flexibility index (Phi) is 3.86. The Bertz CT molecular complexity index is 652. The maximum absolute atomic E-state index is 12.2. The fourth-order valence-corrected chi connectivity index (χ4v) is 3.76. The number of piperidine rings is 1. The first-order valence-electron chi connectivity index (χ1n) is 8.78. The number of rotatable bonds is 4. The van der Waals surface area contributed by atoms with Crippen LogP contribution in [0.3, 0.4) is 0 Å². The van der Waals surface area contributed by atoms with E-state index >= 15 is 0 Å². The average Bonchev–Trinajstić information content (AvgIpc) is 3.37. The van der Waals surface area contributed by atoms with Gasteiger partial charge in [0.05, 0.1) is 5.92 Å². The number of nitrogens with zero attached hydrogens (tertiary/aromatic N) is 4. The second-order valence-electron chi connectivity index (χ2n) is 7.12. The number of hydrogen-bond donors (Lipinski definition) is 1. The van der Waals surface area contributed by atoms with Crippen LogP contribution < -0.4 is 10.6 Å². The fraction of sp³-hybridized carbons (Fsp3) is 0.647. The quantitative estimate of drug-likeness (QED) is 0.876. The summed E-state index contributed by atoms with van der Waals surface area (Å²) in [6, 6.07) is 2.18.